The molecule has 0 aromatic heterocycles. The summed E-state index contributed by atoms with van der Waals surface area (Å²) >= 11 is 5.25. The van der Waals surface area contributed by atoms with Gasteiger partial charge in [-0.3, -0.25) is 4.72 Å². The molecule has 8 heteroatoms. The number of hydrogen-bond donors (Lipinski definition) is 2. The highest BCUT2D eigenvalue weighted by Gasteiger charge is 2.13. The van der Waals surface area contributed by atoms with E-state index in [2.05, 4.69) is 30.8 Å². The molecule has 2 N–H and O–H groups in total. The number of thiocarbonyl (C=S) groups is 1. The molecule has 2 aromatic rings. The van der Waals surface area contributed by atoms with Crippen LogP contribution in [0.25, 0.3) is 0 Å². The van der Waals surface area contributed by atoms with E-state index >= 15 is 0 Å². The first-order valence-electron chi connectivity index (χ1n) is 8.70. The number of halogens is 1. The maximum Gasteiger partial charge on any atom is 0.229 e. The third-order valence-electron chi connectivity index (χ3n) is 3.91. The zero-order valence-electron chi connectivity index (χ0n) is 16.4. The second kappa shape index (κ2) is 8.87. The monoisotopic (exact) mass is 424 g/mol. The summed E-state index contributed by atoms with van der Waals surface area (Å²) in [4.78, 5) is 0.485. The van der Waals surface area contributed by atoms with Crippen LogP contribution in [0.2, 0.25) is 0 Å². The van der Waals surface area contributed by atoms with E-state index in [4.69, 9.17) is 17.0 Å². The second-order valence-electron chi connectivity index (χ2n) is 7.53. The van der Waals surface area contributed by atoms with Crippen LogP contribution in [0.3, 0.4) is 0 Å². The molecule has 5 nitrogen and oxygen atoms in total. The second-order valence-corrected chi connectivity index (χ2v) is 9.77. The predicted octanol–water partition coefficient (Wildman–Crippen LogP) is 3.99. The Kier molecular flexibility index (Phi) is 7.01. The van der Waals surface area contributed by atoms with Crippen LogP contribution < -0.4 is 14.8 Å². The minimum atomic E-state index is -3.53. The highest BCUT2D eigenvalue weighted by atomic mass is 32.2. The van der Waals surface area contributed by atoms with E-state index < -0.39 is 15.8 Å². The Morgan fingerprint density at radius 3 is 2.32 bits per heavy atom. The van der Waals surface area contributed by atoms with Gasteiger partial charge in [-0.05, 0) is 40.8 Å². The van der Waals surface area contributed by atoms with Gasteiger partial charge in [0.1, 0.15) is 23.2 Å². The highest BCUT2D eigenvalue weighted by Crippen LogP contribution is 2.24. The summed E-state index contributed by atoms with van der Waals surface area (Å²) in [6, 6.07) is 12.1. The van der Waals surface area contributed by atoms with E-state index in [1.165, 1.54) is 17.7 Å². The number of hydrogen-bond acceptors (Lipinski definition) is 4. The normalized spacial score (nSPS) is 11.8. The number of ether oxygens (including phenoxy) is 1. The molecule has 0 aliphatic carbocycles. The van der Waals surface area contributed by atoms with Gasteiger partial charge < -0.3 is 10.1 Å². The van der Waals surface area contributed by atoms with Crippen LogP contribution >= 0.6 is 12.2 Å². The van der Waals surface area contributed by atoms with Gasteiger partial charge in [-0.15, -0.1) is 0 Å². The molecule has 2 rings (SSSR count). The van der Waals surface area contributed by atoms with E-state index in [9.17, 15) is 12.8 Å². The summed E-state index contributed by atoms with van der Waals surface area (Å²) in [5, 5.41) is 3.00. The Balaban J connectivity index is 1.85. The fourth-order valence-corrected chi connectivity index (χ4v) is 3.10. The molecule has 0 unspecified atom stereocenters. The van der Waals surface area contributed by atoms with Crippen LogP contribution in [0.15, 0.2) is 42.5 Å². The Hall–Kier alpha value is -2.19. The van der Waals surface area contributed by atoms with Crippen LogP contribution in [0.5, 0.6) is 5.75 Å². The van der Waals surface area contributed by atoms with Crippen molar-refractivity contribution in [2.45, 2.75) is 32.7 Å². The highest BCUT2D eigenvalue weighted by molar-refractivity contribution is 7.92. The van der Waals surface area contributed by atoms with Gasteiger partial charge in [0, 0.05) is 6.54 Å². The maximum atomic E-state index is 14.0. The number of nitrogens with one attached hydrogen (secondary N) is 2. The van der Waals surface area contributed by atoms with Crippen molar-refractivity contribution in [3.05, 3.63) is 59.4 Å². The van der Waals surface area contributed by atoms with Crippen molar-refractivity contribution >= 4 is 32.9 Å². The summed E-state index contributed by atoms with van der Waals surface area (Å²) in [5.41, 5.74) is 1.84. The third kappa shape index (κ3) is 7.09. The molecule has 28 heavy (non-hydrogen) atoms. The van der Waals surface area contributed by atoms with Crippen molar-refractivity contribution in [2.75, 3.05) is 17.6 Å². The van der Waals surface area contributed by atoms with Gasteiger partial charge in [-0.1, -0.05) is 51.2 Å². The Bertz CT molecular complexity index is 937. The van der Waals surface area contributed by atoms with Gasteiger partial charge in [0.05, 0.1) is 11.9 Å². The zero-order chi connectivity index (χ0) is 20.9. The molecule has 0 atom stereocenters. The van der Waals surface area contributed by atoms with Gasteiger partial charge in [0.2, 0.25) is 10.0 Å². The first-order chi connectivity index (χ1) is 12.9. The first-order valence-corrected chi connectivity index (χ1v) is 11.0. The predicted molar refractivity (Wildman–Crippen MR) is 115 cm³/mol. The molecule has 0 saturated carbocycles. The van der Waals surface area contributed by atoms with Crippen molar-refractivity contribution in [3.63, 3.8) is 0 Å². The van der Waals surface area contributed by atoms with Crippen LogP contribution in [0.1, 0.15) is 31.9 Å². The third-order valence-corrected chi connectivity index (χ3v) is 4.76. The minimum Gasteiger partial charge on any atom is -0.486 e. The molecule has 2 aromatic carbocycles. The van der Waals surface area contributed by atoms with E-state index in [1.807, 2.05) is 24.3 Å². The summed E-state index contributed by atoms with van der Waals surface area (Å²) in [6.07, 6.45) is 0.969. The zero-order valence-corrected chi connectivity index (χ0v) is 18.0. The fourth-order valence-electron chi connectivity index (χ4n) is 2.40. The lowest BCUT2D eigenvalue weighted by molar-refractivity contribution is 0.374. The van der Waals surface area contributed by atoms with Crippen molar-refractivity contribution in [1.82, 2.24) is 5.32 Å². The molecule has 0 spiro atoms. The molecule has 0 heterocycles. The van der Waals surface area contributed by atoms with Crippen LogP contribution in [0, 0.1) is 5.82 Å². The lowest BCUT2D eigenvalue weighted by Gasteiger charge is -2.19. The Morgan fingerprint density at radius 2 is 1.79 bits per heavy atom. The average molecular weight is 425 g/mol. The summed E-state index contributed by atoms with van der Waals surface area (Å²) in [6.45, 7) is 6.96. The average Bonchev–Trinajstić information content (AvgIpc) is 2.59. The summed E-state index contributed by atoms with van der Waals surface area (Å²) < 4.78 is 44.1. The number of rotatable bonds is 7. The van der Waals surface area contributed by atoms with Crippen molar-refractivity contribution in [1.29, 1.82) is 0 Å². The SMILES string of the molecule is CC(C)(C)c1ccc(OCC(=S)NCc2ccc(NS(C)(=O)=O)c(F)c2)cc1. The minimum absolute atomic E-state index is 0.0804. The molecular weight excluding hydrogens is 399 g/mol. The van der Waals surface area contributed by atoms with Crippen molar-refractivity contribution in [2.24, 2.45) is 0 Å². The first kappa shape index (κ1) is 22.1. The van der Waals surface area contributed by atoms with E-state index in [0.29, 0.717) is 17.1 Å². The van der Waals surface area contributed by atoms with Crippen molar-refractivity contribution in [3.8, 4) is 5.75 Å². The molecular formula is C20H25FN2O3S2. The Morgan fingerprint density at radius 1 is 1.14 bits per heavy atom. The van der Waals surface area contributed by atoms with Gasteiger partial charge in [-0.2, -0.15) is 0 Å². The molecule has 0 aliphatic heterocycles. The van der Waals surface area contributed by atoms with Gasteiger partial charge in [-0.25, -0.2) is 12.8 Å². The van der Waals surface area contributed by atoms with E-state index in [-0.39, 0.29) is 17.7 Å². The largest absolute Gasteiger partial charge is 0.486 e. The van der Waals surface area contributed by atoms with Crippen LogP contribution in [-0.4, -0.2) is 26.3 Å². The quantitative estimate of drug-likeness (QED) is 0.658. The van der Waals surface area contributed by atoms with E-state index in [0.717, 1.165) is 12.0 Å². The number of anilines is 1. The van der Waals surface area contributed by atoms with Gasteiger partial charge in [0.15, 0.2) is 0 Å². The standard InChI is InChI=1S/C20H25FN2O3S2/c1-20(2,3)15-6-8-16(9-7-15)26-13-19(27)22-12-14-5-10-18(17(21)11-14)23-28(4,24)25/h5-11,23H,12-13H2,1-4H3,(H,22,27). The van der Waals surface area contributed by atoms with Gasteiger partial charge in [0.25, 0.3) is 0 Å². The van der Waals surface area contributed by atoms with Crippen LogP contribution in [0.4, 0.5) is 10.1 Å². The lowest BCUT2D eigenvalue weighted by Crippen LogP contribution is -2.26. The Labute approximate surface area is 171 Å². The van der Waals surface area contributed by atoms with Crippen LogP contribution in [-0.2, 0) is 22.0 Å². The maximum absolute atomic E-state index is 14.0. The molecule has 152 valence electrons. The number of sulfonamides is 1. The lowest BCUT2D eigenvalue weighted by atomic mass is 9.87. The molecule has 0 radical (unpaired) electrons. The molecule has 0 aliphatic rings. The van der Waals surface area contributed by atoms with Crippen molar-refractivity contribution < 1.29 is 17.5 Å². The van der Waals surface area contributed by atoms with Gasteiger partial charge >= 0.3 is 0 Å². The molecule has 0 bridgehead atoms. The number of benzene rings is 2. The molecule has 0 fully saturated rings. The summed E-state index contributed by atoms with van der Waals surface area (Å²) in [7, 11) is -3.53. The molecule has 0 saturated heterocycles. The molecule has 0 amide bonds. The van der Waals surface area contributed by atoms with E-state index in [1.54, 1.807) is 6.07 Å². The smallest absolute Gasteiger partial charge is 0.229 e. The fraction of sp³-hybridized carbons (Fsp3) is 0.350. The topological polar surface area (TPSA) is 67.4 Å². The summed E-state index contributed by atoms with van der Waals surface area (Å²) in [5.74, 6) is 0.0743.